The molecule has 0 rings (SSSR count). The van der Waals surface area contributed by atoms with Gasteiger partial charge < -0.3 is 0 Å². The third kappa shape index (κ3) is 6.43. The van der Waals surface area contributed by atoms with Crippen LogP contribution in [0.4, 0.5) is 0 Å². The topological polar surface area (TPSA) is 37.3 Å². The molecule has 1 N–H and O–H groups in total. The van der Waals surface area contributed by atoms with Crippen LogP contribution in [0.1, 0.15) is 26.7 Å². The van der Waals surface area contributed by atoms with Crippen LogP contribution in [0.25, 0.3) is 0 Å². The molecule has 2 atom stereocenters. The van der Waals surface area contributed by atoms with Crippen molar-refractivity contribution in [3.63, 3.8) is 0 Å². The SMILES string of the molecule is CC(C)C[C@H](C[AsH2])CC(=O)O. The van der Waals surface area contributed by atoms with Crippen molar-refractivity contribution in [3.8, 4) is 0 Å². The molecule has 0 saturated carbocycles. The molecule has 0 fully saturated rings. The van der Waals surface area contributed by atoms with Gasteiger partial charge in [-0.3, -0.25) is 0 Å². The summed E-state index contributed by atoms with van der Waals surface area (Å²) < 4.78 is 0. The van der Waals surface area contributed by atoms with Crippen LogP contribution in [0.15, 0.2) is 0 Å². The minimum atomic E-state index is -0.659. The molecule has 1 unspecified atom stereocenters. The van der Waals surface area contributed by atoms with E-state index in [4.69, 9.17) is 5.11 Å². The monoisotopic (exact) mass is 220 g/mol. The Morgan fingerprint density at radius 2 is 2.09 bits per heavy atom. The van der Waals surface area contributed by atoms with Gasteiger partial charge in [-0.2, -0.15) is 0 Å². The summed E-state index contributed by atoms with van der Waals surface area (Å²) in [5.74, 6) is 0.357. The second-order valence-corrected chi connectivity index (χ2v) is 4.32. The molecule has 11 heavy (non-hydrogen) atoms. The van der Waals surface area contributed by atoms with Crippen LogP contribution >= 0.6 is 0 Å². The zero-order valence-electron chi connectivity index (χ0n) is 7.21. The Morgan fingerprint density at radius 1 is 1.55 bits per heavy atom. The number of rotatable bonds is 5. The van der Waals surface area contributed by atoms with E-state index in [0.717, 1.165) is 11.6 Å². The van der Waals surface area contributed by atoms with Crippen molar-refractivity contribution in [1.82, 2.24) is 0 Å². The molecule has 0 radical (unpaired) electrons. The van der Waals surface area contributed by atoms with Crippen LogP contribution < -0.4 is 0 Å². The van der Waals surface area contributed by atoms with Crippen molar-refractivity contribution in [3.05, 3.63) is 0 Å². The van der Waals surface area contributed by atoms with Crippen molar-refractivity contribution in [2.45, 2.75) is 31.9 Å². The second-order valence-electron chi connectivity index (χ2n) is 3.33. The summed E-state index contributed by atoms with van der Waals surface area (Å²) in [6.07, 6.45) is 1.39. The number of aliphatic carboxylic acids is 1. The van der Waals surface area contributed by atoms with Gasteiger partial charge in [-0.15, -0.1) is 0 Å². The first-order valence-electron chi connectivity index (χ1n) is 3.98. The van der Waals surface area contributed by atoms with Crippen LogP contribution in [-0.2, 0) is 4.79 Å². The predicted molar refractivity (Wildman–Crippen MR) is 48.5 cm³/mol. The van der Waals surface area contributed by atoms with E-state index >= 15 is 0 Å². The molecule has 0 heterocycles. The van der Waals surface area contributed by atoms with E-state index in [2.05, 4.69) is 13.8 Å². The zero-order chi connectivity index (χ0) is 8.85. The number of hydrogen-bond donors (Lipinski definition) is 1. The molecule has 0 aromatic carbocycles. The summed E-state index contributed by atoms with van der Waals surface area (Å²) in [6, 6.07) is 0. The van der Waals surface area contributed by atoms with Crippen LogP contribution in [0, 0.1) is 11.8 Å². The Labute approximate surface area is 76.9 Å². The Kier molecular flexibility index (Phi) is 5.66. The summed E-state index contributed by atoms with van der Waals surface area (Å²) in [7, 11) is 0. The molecule has 0 spiro atoms. The minimum absolute atomic E-state index is 0.344. The molecule has 2 nitrogen and oxygen atoms in total. The van der Waals surface area contributed by atoms with Gasteiger partial charge in [0.15, 0.2) is 0 Å². The summed E-state index contributed by atoms with van der Waals surface area (Å²) >= 11 is 1.63. The second kappa shape index (κ2) is 5.65. The first-order valence-corrected chi connectivity index (χ1v) is 5.69. The van der Waals surface area contributed by atoms with E-state index in [1.54, 1.807) is 16.9 Å². The Morgan fingerprint density at radius 3 is 2.36 bits per heavy atom. The van der Waals surface area contributed by atoms with E-state index in [1.165, 1.54) is 0 Å². The summed E-state index contributed by atoms with van der Waals surface area (Å²) in [5, 5.41) is 9.57. The van der Waals surface area contributed by atoms with Gasteiger partial charge in [-0.25, -0.2) is 0 Å². The van der Waals surface area contributed by atoms with Gasteiger partial charge in [0.2, 0.25) is 0 Å². The summed E-state index contributed by atoms with van der Waals surface area (Å²) in [4.78, 5) is 10.4. The molecular formula is C8H17AsO2. The molecule has 66 valence electrons. The fraction of sp³-hybridized carbons (Fsp3) is 0.875. The molecule has 0 aromatic rings. The third-order valence-corrected chi connectivity index (χ3v) is 3.00. The fourth-order valence-corrected chi connectivity index (χ4v) is 1.93. The molecule has 0 saturated heterocycles. The van der Waals surface area contributed by atoms with Crippen LogP contribution in [-0.4, -0.2) is 27.9 Å². The maximum atomic E-state index is 10.4. The van der Waals surface area contributed by atoms with Crippen molar-refractivity contribution in [2.75, 3.05) is 0 Å². The van der Waals surface area contributed by atoms with E-state index in [-0.39, 0.29) is 0 Å². The quantitative estimate of drug-likeness (QED) is 0.706. The number of hydrogen-bond acceptors (Lipinski definition) is 1. The van der Waals surface area contributed by atoms with Crippen molar-refractivity contribution in [1.29, 1.82) is 0 Å². The van der Waals surface area contributed by atoms with E-state index < -0.39 is 5.97 Å². The first-order chi connectivity index (χ1) is 5.06. The first kappa shape index (κ1) is 11.0. The third-order valence-electron chi connectivity index (χ3n) is 1.60. The molecule has 0 amide bonds. The molecule has 0 aliphatic rings. The number of carboxylic acid groups (broad SMARTS) is 1. The average Bonchev–Trinajstić information content (AvgIpc) is 1.84. The van der Waals surface area contributed by atoms with Crippen LogP contribution in [0.3, 0.4) is 0 Å². The molecule has 3 heteroatoms. The van der Waals surface area contributed by atoms with Gasteiger partial charge in [-0.05, 0) is 0 Å². The van der Waals surface area contributed by atoms with Gasteiger partial charge in [0.05, 0.1) is 0 Å². The predicted octanol–water partition coefficient (Wildman–Crippen LogP) is 1.17. The molecule has 0 bridgehead atoms. The number of carbonyl (C=O) groups is 1. The van der Waals surface area contributed by atoms with E-state index in [1.807, 2.05) is 0 Å². The van der Waals surface area contributed by atoms with Crippen LogP contribution in [0.5, 0.6) is 0 Å². The van der Waals surface area contributed by atoms with Crippen molar-refractivity contribution in [2.24, 2.45) is 11.8 Å². The summed E-state index contributed by atoms with van der Waals surface area (Å²) in [6.45, 7) is 4.27. The molecule has 0 aromatic heterocycles. The molecule has 0 aliphatic carbocycles. The van der Waals surface area contributed by atoms with Gasteiger partial charge >= 0.3 is 76.5 Å². The zero-order valence-corrected chi connectivity index (χ0v) is 9.63. The van der Waals surface area contributed by atoms with E-state index in [9.17, 15) is 4.79 Å². The van der Waals surface area contributed by atoms with Gasteiger partial charge in [0, 0.05) is 0 Å². The van der Waals surface area contributed by atoms with Gasteiger partial charge in [0.25, 0.3) is 0 Å². The Bertz CT molecular complexity index is 123. The fourth-order valence-electron chi connectivity index (χ4n) is 1.18. The normalized spacial score (nSPS) is 13.5. The standard InChI is InChI=1S/C8H17AsO2/c1-6(2)3-7(5-9)4-8(10)11/h6-7H,3-5,9H2,1-2H3,(H,10,11)/t7-/m0/s1. The summed E-state index contributed by atoms with van der Waals surface area (Å²) in [5.41, 5.74) is 0. The Hall–Kier alpha value is 0.0284. The van der Waals surface area contributed by atoms with Gasteiger partial charge in [0.1, 0.15) is 0 Å². The Balaban J connectivity index is 3.66. The molecule has 0 aliphatic heterocycles. The van der Waals surface area contributed by atoms with Gasteiger partial charge in [-0.1, -0.05) is 0 Å². The van der Waals surface area contributed by atoms with Crippen LogP contribution in [0.2, 0.25) is 5.21 Å². The average molecular weight is 220 g/mol. The van der Waals surface area contributed by atoms with Crippen molar-refractivity contribution >= 4 is 22.8 Å². The maximum absolute atomic E-state index is 10.4. The number of carboxylic acids is 1. The van der Waals surface area contributed by atoms with Crippen molar-refractivity contribution < 1.29 is 9.90 Å². The van der Waals surface area contributed by atoms with E-state index in [0.29, 0.717) is 18.3 Å². The molecular weight excluding hydrogens is 203 g/mol.